The van der Waals surface area contributed by atoms with Crippen molar-refractivity contribution in [3.8, 4) is 5.75 Å². The van der Waals surface area contributed by atoms with Crippen LogP contribution >= 0.6 is 0 Å². The van der Waals surface area contributed by atoms with Gasteiger partial charge in [0.05, 0.1) is 18.8 Å². The summed E-state index contributed by atoms with van der Waals surface area (Å²) in [6, 6.07) is 13.9. The summed E-state index contributed by atoms with van der Waals surface area (Å²) in [5.41, 5.74) is 3.95. The maximum atomic E-state index is 13.1. The first-order valence-corrected chi connectivity index (χ1v) is 12.5. The van der Waals surface area contributed by atoms with Gasteiger partial charge >= 0.3 is 0 Å². The van der Waals surface area contributed by atoms with Gasteiger partial charge in [-0.25, -0.2) is 0 Å². The molecule has 180 valence electrons. The standard InChI is InChI=1S/C27H34N4O3/c1-20-17-21(29-13-7-8-14-29)11-12-22(20)28-26(32)19-31-18-25(27(33)30-15-5-2-6-16-30)34-24-10-4-3-9-23(24)31/h3-4,9-12,17,25H,2,5-8,13-16,18-19H2,1H3,(H,28,32). The molecule has 3 aliphatic rings. The van der Waals surface area contributed by atoms with Gasteiger partial charge in [0.25, 0.3) is 5.91 Å². The summed E-state index contributed by atoms with van der Waals surface area (Å²) in [5.74, 6) is 0.578. The molecule has 5 rings (SSSR count). The quantitative estimate of drug-likeness (QED) is 0.732. The molecule has 1 unspecified atom stereocenters. The number of likely N-dealkylation sites (tertiary alicyclic amines) is 1. The number of aryl methyl sites for hydroxylation is 1. The van der Waals surface area contributed by atoms with E-state index >= 15 is 0 Å². The molecule has 34 heavy (non-hydrogen) atoms. The van der Waals surface area contributed by atoms with E-state index in [0.717, 1.165) is 56.0 Å². The second kappa shape index (κ2) is 9.95. The highest BCUT2D eigenvalue weighted by Gasteiger charge is 2.34. The van der Waals surface area contributed by atoms with E-state index in [-0.39, 0.29) is 18.4 Å². The van der Waals surface area contributed by atoms with E-state index in [9.17, 15) is 9.59 Å². The van der Waals surface area contributed by atoms with Gasteiger partial charge in [-0.2, -0.15) is 0 Å². The molecular formula is C27H34N4O3. The van der Waals surface area contributed by atoms with Crippen LogP contribution in [0.2, 0.25) is 0 Å². The lowest BCUT2D eigenvalue weighted by Gasteiger charge is -2.38. The maximum absolute atomic E-state index is 13.1. The first-order valence-electron chi connectivity index (χ1n) is 12.5. The molecule has 2 aromatic carbocycles. The second-order valence-corrected chi connectivity index (χ2v) is 9.58. The number of anilines is 3. The summed E-state index contributed by atoms with van der Waals surface area (Å²) in [6.07, 6.45) is 5.12. The topological polar surface area (TPSA) is 65.1 Å². The number of para-hydroxylation sites is 2. The number of nitrogens with one attached hydrogen (secondary N) is 1. The molecule has 1 atom stereocenters. The summed E-state index contributed by atoms with van der Waals surface area (Å²) in [6.45, 7) is 6.33. The predicted molar refractivity (Wildman–Crippen MR) is 135 cm³/mol. The van der Waals surface area contributed by atoms with E-state index in [1.165, 1.54) is 24.9 Å². The van der Waals surface area contributed by atoms with E-state index in [0.29, 0.717) is 12.3 Å². The Balaban J connectivity index is 1.27. The lowest BCUT2D eigenvalue weighted by molar-refractivity contribution is -0.139. The van der Waals surface area contributed by atoms with Crippen LogP contribution in [-0.4, -0.2) is 62.1 Å². The Labute approximate surface area is 201 Å². The Morgan fingerprint density at radius 2 is 1.71 bits per heavy atom. The van der Waals surface area contributed by atoms with Crippen molar-refractivity contribution in [3.05, 3.63) is 48.0 Å². The molecule has 0 bridgehead atoms. The van der Waals surface area contributed by atoms with Gasteiger partial charge in [0.1, 0.15) is 5.75 Å². The van der Waals surface area contributed by atoms with Gasteiger partial charge in [-0.05, 0) is 74.9 Å². The normalized spacial score (nSPS) is 20.0. The molecule has 2 fully saturated rings. The minimum absolute atomic E-state index is 0.0213. The van der Waals surface area contributed by atoms with Crippen molar-refractivity contribution < 1.29 is 14.3 Å². The molecule has 3 aliphatic heterocycles. The molecule has 2 aromatic rings. The number of piperidine rings is 1. The lowest BCUT2D eigenvalue weighted by atomic mass is 10.1. The summed E-state index contributed by atoms with van der Waals surface area (Å²) < 4.78 is 6.09. The molecule has 0 spiro atoms. The minimum Gasteiger partial charge on any atom is -0.477 e. The SMILES string of the molecule is Cc1cc(N2CCCC2)ccc1NC(=O)CN1CC(C(=O)N2CCCCC2)Oc2ccccc21. The predicted octanol–water partition coefficient (Wildman–Crippen LogP) is 3.81. The number of rotatable bonds is 5. The van der Waals surface area contributed by atoms with E-state index in [4.69, 9.17) is 4.74 Å². The Bertz CT molecular complexity index is 1040. The Morgan fingerprint density at radius 1 is 0.971 bits per heavy atom. The van der Waals surface area contributed by atoms with Crippen LogP contribution in [-0.2, 0) is 9.59 Å². The molecule has 0 saturated carbocycles. The first-order chi connectivity index (χ1) is 16.6. The summed E-state index contributed by atoms with van der Waals surface area (Å²) in [4.78, 5) is 32.5. The zero-order valence-electron chi connectivity index (χ0n) is 20.0. The first kappa shape index (κ1) is 22.6. The van der Waals surface area contributed by atoms with Gasteiger partial charge in [0.15, 0.2) is 6.10 Å². The highest BCUT2D eigenvalue weighted by molar-refractivity contribution is 5.95. The number of hydrogen-bond acceptors (Lipinski definition) is 5. The number of carbonyl (C=O) groups is 2. The van der Waals surface area contributed by atoms with Gasteiger partial charge in [0.2, 0.25) is 5.91 Å². The Hall–Kier alpha value is -3.22. The van der Waals surface area contributed by atoms with Crippen LogP contribution in [0.15, 0.2) is 42.5 Å². The Morgan fingerprint density at radius 3 is 2.47 bits per heavy atom. The van der Waals surface area contributed by atoms with Gasteiger partial charge < -0.3 is 24.8 Å². The molecule has 0 aromatic heterocycles. The van der Waals surface area contributed by atoms with Crippen LogP contribution in [0.3, 0.4) is 0 Å². The molecule has 1 N–H and O–H groups in total. The van der Waals surface area contributed by atoms with E-state index in [2.05, 4.69) is 22.3 Å². The molecule has 0 radical (unpaired) electrons. The van der Waals surface area contributed by atoms with Crippen LogP contribution in [0, 0.1) is 6.92 Å². The molecule has 0 aliphatic carbocycles. The van der Waals surface area contributed by atoms with Crippen molar-refractivity contribution in [1.29, 1.82) is 0 Å². The number of ether oxygens (including phenoxy) is 1. The third-order valence-electron chi connectivity index (χ3n) is 7.09. The van der Waals surface area contributed by atoms with Crippen LogP contribution in [0.25, 0.3) is 0 Å². The van der Waals surface area contributed by atoms with Gasteiger partial charge in [0, 0.05) is 37.6 Å². The third-order valence-corrected chi connectivity index (χ3v) is 7.09. The number of benzene rings is 2. The summed E-state index contributed by atoms with van der Waals surface area (Å²) in [5, 5.41) is 3.08. The maximum Gasteiger partial charge on any atom is 0.265 e. The fourth-order valence-corrected chi connectivity index (χ4v) is 5.23. The Kier molecular flexibility index (Phi) is 6.61. The lowest BCUT2D eigenvalue weighted by Crippen LogP contribution is -2.52. The summed E-state index contributed by atoms with van der Waals surface area (Å²) >= 11 is 0. The van der Waals surface area contributed by atoms with Crippen LogP contribution < -0.4 is 19.9 Å². The second-order valence-electron chi connectivity index (χ2n) is 9.58. The number of nitrogens with zero attached hydrogens (tertiary/aromatic N) is 3. The monoisotopic (exact) mass is 462 g/mol. The smallest absolute Gasteiger partial charge is 0.265 e. The minimum atomic E-state index is -0.595. The molecule has 2 amide bonds. The van der Waals surface area contributed by atoms with E-state index in [1.54, 1.807) is 0 Å². The van der Waals surface area contributed by atoms with Crippen molar-refractivity contribution in [2.45, 2.75) is 45.1 Å². The van der Waals surface area contributed by atoms with Crippen LogP contribution in [0.5, 0.6) is 5.75 Å². The fraction of sp³-hybridized carbons (Fsp3) is 0.481. The average Bonchev–Trinajstić information content (AvgIpc) is 3.40. The van der Waals surface area contributed by atoms with Crippen molar-refractivity contribution in [1.82, 2.24) is 4.90 Å². The van der Waals surface area contributed by atoms with E-state index < -0.39 is 6.10 Å². The number of fused-ring (bicyclic) bond motifs is 1. The fourth-order valence-electron chi connectivity index (χ4n) is 5.23. The van der Waals surface area contributed by atoms with E-state index in [1.807, 2.05) is 47.1 Å². The van der Waals surface area contributed by atoms with Gasteiger partial charge in [-0.15, -0.1) is 0 Å². The van der Waals surface area contributed by atoms with Crippen molar-refractivity contribution in [2.24, 2.45) is 0 Å². The van der Waals surface area contributed by atoms with Crippen LogP contribution in [0.4, 0.5) is 17.1 Å². The molecular weight excluding hydrogens is 428 g/mol. The molecule has 7 heteroatoms. The van der Waals surface area contributed by atoms with Crippen molar-refractivity contribution in [2.75, 3.05) is 54.4 Å². The highest BCUT2D eigenvalue weighted by atomic mass is 16.5. The third kappa shape index (κ3) is 4.83. The molecule has 7 nitrogen and oxygen atoms in total. The summed E-state index contributed by atoms with van der Waals surface area (Å²) in [7, 11) is 0. The van der Waals surface area contributed by atoms with Crippen LogP contribution in [0.1, 0.15) is 37.7 Å². The van der Waals surface area contributed by atoms with Crippen molar-refractivity contribution in [3.63, 3.8) is 0 Å². The molecule has 2 saturated heterocycles. The van der Waals surface area contributed by atoms with Gasteiger partial charge in [-0.1, -0.05) is 12.1 Å². The molecule has 3 heterocycles. The zero-order valence-corrected chi connectivity index (χ0v) is 20.0. The largest absolute Gasteiger partial charge is 0.477 e. The number of carbonyl (C=O) groups excluding carboxylic acids is 2. The highest BCUT2D eigenvalue weighted by Crippen LogP contribution is 2.34. The average molecular weight is 463 g/mol. The zero-order chi connectivity index (χ0) is 23.5. The van der Waals surface area contributed by atoms with Gasteiger partial charge in [-0.3, -0.25) is 9.59 Å². The number of hydrogen-bond donors (Lipinski definition) is 1. The van der Waals surface area contributed by atoms with Crippen molar-refractivity contribution >= 4 is 28.9 Å². The number of amides is 2.